The van der Waals surface area contributed by atoms with Crippen molar-refractivity contribution in [1.29, 1.82) is 0 Å². The van der Waals surface area contributed by atoms with Crippen LogP contribution in [0.2, 0.25) is 0 Å². The Hall–Kier alpha value is -11.5. The number of nitrogens with zero attached hydrogens (tertiary/aromatic N) is 3. The molecule has 2 aliphatic heterocycles. The van der Waals surface area contributed by atoms with Crippen molar-refractivity contribution >= 4 is 84.6 Å². The summed E-state index contributed by atoms with van der Waals surface area (Å²) in [6, 6.07) is 106. The molecule has 0 fully saturated rings. The Morgan fingerprint density at radius 3 is 1.39 bits per heavy atom. The zero-order valence-electron chi connectivity index (χ0n) is 60.9. The highest BCUT2D eigenvalue weighted by Crippen LogP contribution is 2.59. The summed E-state index contributed by atoms with van der Waals surface area (Å²) in [6.45, 7) is 21.1. The zero-order valence-corrected chi connectivity index (χ0v) is 60.9. The first-order valence-electron chi connectivity index (χ1n) is 37.4. The molecule has 3 unspecified atom stereocenters. The van der Waals surface area contributed by atoms with Crippen LogP contribution in [0.15, 0.2) is 343 Å². The monoisotopic (exact) mass is 1340 g/mol. The molecular weight excluding hydrogens is 1250 g/mol. The Morgan fingerprint density at radius 2 is 0.875 bits per heavy atom. The Balaban J connectivity index is 0.983. The Bertz CT molecular complexity index is 5710. The van der Waals surface area contributed by atoms with Crippen LogP contribution in [0.3, 0.4) is 0 Å². The Labute approximate surface area is 613 Å². The number of fused-ring (bicyclic) bond motifs is 7. The van der Waals surface area contributed by atoms with E-state index >= 15 is 0 Å². The number of hydrogen-bond donors (Lipinski definition) is 0. The molecule has 0 spiro atoms. The van der Waals surface area contributed by atoms with Gasteiger partial charge in [-0.3, -0.25) is 0 Å². The third-order valence-corrected chi connectivity index (χ3v) is 23.5. The topological polar surface area (TPSA) is 11.4 Å². The predicted octanol–water partition coefficient (Wildman–Crippen LogP) is 24.9. The van der Waals surface area contributed by atoms with Crippen molar-refractivity contribution in [3.05, 3.63) is 355 Å². The summed E-state index contributed by atoms with van der Waals surface area (Å²) < 4.78 is 2.51. The molecule has 12 aromatic carbocycles. The lowest BCUT2D eigenvalue weighted by molar-refractivity contribution is 0.328. The molecule has 0 bridgehead atoms. The molecule has 4 aliphatic carbocycles. The van der Waals surface area contributed by atoms with Crippen LogP contribution in [0.1, 0.15) is 79.9 Å². The fourth-order valence-corrected chi connectivity index (χ4v) is 18.3. The van der Waals surface area contributed by atoms with Crippen molar-refractivity contribution in [2.75, 3.05) is 9.80 Å². The zero-order chi connectivity index (χ0) is 70.5. The third kappa shape index (κ3) is 10.3. The van der Waals surface area contributed by atoms with Crippen LogP contribution in [0.25, 0.3) is 88.7 Å². The summed E-state index contributed by atoms with van der Waals surface area (Å²) in [7, 11) is 0. The smallest absolute Gasteiger partial charge is 0.252 e. The van der Waals surface area contributed by atoms with Crippen molar-refractivity contribution in [3.8, 4) is 61.3 Å². The third-order valence-electron chi connectivity index (χ3n) is 23.5. The normalized spacial score (nSPS) is 17.2. The molecule has 4 heteroatoms. The van der Waals surface area contributed by atoms with Crippen LogP contribution >= 0.6 is 0 Å². The van der Waals surface area contributed by atoms with Gasteiger partial charge in [0.2, 0.25) is 0 Å². The van der Waals surface area contributed by atoms with E-state index in [4.69, 9.17) is 0 Å². The highest BCUT2D eigenvalue weighted by atomic mass is 15.2. The van der Waals surface area contributed by atoms with Gasteiger partial charge < -0.3 is 14.4 Å². The van der Waals surface area contributed by atoms with E-state index < -0.39 is 0 Å². The molecule has 1 aromatic heterocycles. The summed E-state index contributed by atoms with van der Waals surface area (Å²) in [5, 5.41) is 2.47. The minimum atomic E-state index is -0.253. The van der Waals surface area contributed by atoms with E-state index in [9.17, 15) is 0 Å². The number of hydrogen-bond acceptors (Lipinski definition) is 2. The number of aromatic nitrogens is 1. The van der Waals surface area contributed by atoms with Gasteiger partial charge in [0.15, 0.2) is 0 Å². The van der Waals surface area contributed by atoms with E-state index in [1.54, 1.807) is 0 Å². The molecule has 13 aromatic rings. The fourth-order valence-electron chi connectivity index (χ4n) is 18.3. The van der Waals surface area contributed by atoms with E-state index in [-0.39, 0.29) is 28.9 Å². The first kappa shape index (κ1) is 63.5. The molecule has 502 valence electrons. The maximum Gasteiger partial charge on any atom is 0.252 e. The molecule has 0 N–H and O–H groups in total. The van der Waals surface area contributed by atoms with Gasteiger partial charge in [0.05, 0.1) is 22.4 Å². The highest BCUT2D eigenvalue weighted by molar-refractivity contribution is 7.00. The Morgan fingerprint density at radius 1 is 0.365 bits per heavy atom. The van der Waals surface area contributed by atoms with Gasteiger partial charge in [0.25, 0.3) is 6.71 Å². The minimum absolute atomic E-state index is 0.0314. The number of rotatable bonds is 9. The summed E-state index contributed by atoms with van der Waals surface area (Å²) in [5.41, 5.74) is 36.6. The average Bonchev–Trinajstić information content (AvgIpc) is 0.755. The first-order valence-corrected chi connectivity index (χ1v) is 37.4. The van der Waals surface area contributed by atoms with Crippen molar-refractivity contribution in [2.45, 2.75) is 74.1 Å². The van der Waals surface area contributed by atoms with Crippen LogP contribution < -0.4 is 26.2 Å². The molecule has 3 atom stereocenters. The number of para-hydroxylation sites is 4. The standard InChI is InChI=1S/C100H84BN3/c1-98(2,3)73-49-46-63(47-50-73)71-59-91-95-92(60-71)104(97-79(66-32-18-12-19-33-66)40-27-41-80(97)67-34-20-13-21-35-67)90-62-76(102-87-42-24-22-36-81(87)82-37-23-25-43-88(82)102)51-52-85(90)101(95)86-58-68(48-53-89(86)103(91)96-77(64-28-14-10-15-29-64)38-26-39-78(96)65-30-16-11-17-31-65)83-57-72-56-74(99(4,5)6)54-69-44-45-70-55-75(100(7,8)9)61-84(83)94(70)93(69)72/h10-53,55-62,69,93-94H,54H2,1-9H3. The van der Waals surface area contributed by atoms with Gasteiger partial charge in [-0.1, -0.05) is 341 Å². The molecule has 19 rings (SSSR count). The predicted molar refractivity (Wildman–Crippen MR) is 443 cm³/mol. The number of allylic oxidation sites excluding steroid dienone is 12. The lowest BCUT2D eigenvalue weighted by Crippen LogP contribution is -2.61. The van der Waals surface area contributed by atoms with E-state index in [1.807, 2.05) is 0 Å². The molecule has 0 saturated heterocycles. The van der Waals surface area contributed by atoms with Crippen LogP contribution in [-0.2, 0) is 5.41 Å². The first-order chi connectivity index (χ1) is 50.5. The fraction of sp³-hybridized carbons (Fsp3) is 0.160. The van der Waals surface area contributed by atoms with Gasteiger partial charge in [0.1, 0.15) is 0 Å². The Kier molecular flexibility index (Phi) is 14.7. The summed E-state index contributed by atoms with van der Waals surface area (Å²) in [6.07, 6.45) is 16.6. The molecule has 0 saturated carbocycles. The lowest BCUT2D eigenvalue weighted by Gasteiger charge is -2.48. The summed E-state index contributed by atoms with van der Waals surface area (Å²) in [5.74, 6) is 1.02. The van der Waals surface area contributed by atoms with Gasteiger partial charge in [-0.2, -0.15) is 0 Å². The van der Waals surface area contributed by atoms with Crippen molar-refractivity contribution < 1.29 is 0 Å². The van der Waals surface area contributed by atoms with Crippen LogP contribution in [-0.4, -0.2) is 11.3 Å². The van der Waals surface area contributed by atoms with Gasteiger partial charge in [-0.05, 0) is 160 Å². The van der Waals surface area contributed by atoms with E-state index in [1.165, 1.54) is 82.8 Å². The molecule has 3 nitrogen and oxygen atoms in total. The van der Waals surface area contributed by atoms with Crippen molar-refractivity contribution in [3.63, 3.8) is 0 Å². The SMILES string of the molecule is CC(C)(C)C1=CC2=C(c3ccc4c(c3)B3c5ccc(-n6c7ccccc7c7ccccc76)cc5N(c5c(-c6ccccc6)cccc5-c5ccccc5)c5cc(-c6ccc(C(C)(C)C)cc6)cc(c53)N4c3c(-c4ccccc4)cccc3-c3ccccc3)C=C3C=C(C(C)(C)C)CC4C=CC(=C1)C2C34. The van der Waals surface area contributed by atoms with Crippen molar-refractivity contribution in [1.82, 2.24) is 4.57 Å². The van der Waals surface area contributed by atoms with Gasteiger partial charge in [-0.25, -0.2) is 0 Å². The summed E-state index contributed by atoms with van der Waals surface area (Å²) >= 11 is 0. The maximum atomic E-state index is 2.72. The minimum Gasteiger partial charge on any atom is -0.310 e. The van der Waals surface area contributed by atoms with Crippen LogP contribution in [0, 0.1) is 28.6 Å². The molecule has 0 amide bonds. The number of benzene rings is 12. The molecular formula is C100H84BN3. The van der Waals surface area contributed by atoms with Crippen molar-refractivity contribution in [2.24, 2.45) is 28.6 Å². The number of anilines is 6. The van der Waals surface area contributed by atoms with Crippen LogP contribution in [0.4, 0.5) is 34.1 Å². The lowest BCUT2D eigenvalue weighted by atomic mass is 9.33. The second-order valence-corrected chi connectivity index (χ2v) is 32.8. The molecule has 0 radical (unpaired) electrons. The largest absolute Gasteiger partial charge is 0.310 e. The van der Waals surface area contributed by atoms with E-state index in [0.29, 0.717) is 11.8 Å². The van der Waals surface area contributed by atoms with Gasteiger partial charge in [-0.15, -0.1) is 0 Å². The second kappa shape index (κ2) is 24.1. The summed E-state index contributed by atoms with van der Waals surface area (Å²) in [4.78, 5) is 5.43. The van der Waals surface area contributed by atoms with E-state index in [0.717, 1.165) is 102 Å². The second-order valence-electron chi connectivity index (χ2n) is 32.8. The van der Waals surface area contributed by atoms with Gasteiger partial charge >= 0.3 is 0 Å². The quantitative estimate of drug-likeness (QED) is 0.133. The van der Waals surface area contributed by atoms with Crippen LogP contribution in [0.5, 0.6) is 0 Å². The molecule has 6 aliphatic rings. The molecule has 3 heterocycles. The highest BCUT2D eigenvalue weighted by Gasteiger charge is 2.48. The average molecular weight is 1340 g/mol. The maximum absolute atomic E-state index is 2.72. The molecule has 104 heavy (non-hydrogen) atoms. The van der Waals surface area contributed by atoms with E-state index in [2.05, 4.69) is 392 Å². The van der Waals surface area contributed by atoms with Gasteiger partial charge in [0, 0.05) is 73.3 Å².